The first-order valence-corrected chi connectivity index (χ1v) is 3.35. The van der Waals surface area contributed by atoms with Gasteiger partial charge in [-0.2, -0.15) is 0 Å². The lowest BCUT2D eigenvalue weighted by molar-refractivity contribution is -0.119. The van der Waals surface area contributed by atoms with Crippen LogP contribution in [-0.4, -0.2) is 5.91 Å². The molecule has 0 saturated heterocycles. The molecule has 48 valence electrons. The maximum absolute atomic E-state index is 10.5. The first-order chi connectivity index (χ1) is 3.66. The predicted octanol–water partition coefficient (Wildman–Crippen LogP) is 1.46. The number of hydrogen-bond acceptors (Lipinski definition) is 1. The first kappa shape index (κ1) is 7.95. The van der Waals surface area contributed by atoms with Crippen LogP contribution in [0.2, 0.25) is 0 Å². The van der Waals surface area contributed by atoms with Gasteiger partial charge in [-0.1, -0.05) is 13.8 Å². The van der Waals surface area contributed by atoms with Gasteiger partial charge in [0, 0.05) is 22.6 Å². The summed E-state index contributed by atoms with van der Waals surface area (Å²) < 4.78 is 2.37. The third-order valence-electron chi connectivity index (χ3n) is 0.699. The van der Waals surface area contributed by atoms with Gasteiger partial charge in [0.2, 0.25) is 5.91 Å². The zero-order valence-corrected chi connectivity index (χ0v) is 6.66. The summed E-state index contributed by atoms with van der Waals surface area (Å²) in [5, 5.41) is 0. The lowest BCUT2D eigenvalue weighted by atomic mass is 10.1. The van der Waals surface area contributed by atoms with E-state index in [1.807, 2.05) is 13.8 Å². The summed E-state index contributed by atoms with van der Waals surface area (Å²) >= 11 is 2.84. The fourth-order valence-electron chi connectivity index (χ4n) is 0.409. The van der Waals surface area contributed by atoms with Gasteiger partial charge in [-0.05, 0) is 5.92 Å². The van der Waals surface area contributed by atoms with Crippen LogP contribution in [0.5, 0.6) is 0 Å². The molecule has 0 aromatic rings. The zero-order chi connectivity index (χ0) is 6.57. The van der Waals surface area contributed by atoms with Crippen molar-refractivity contribution in [2.75, 3.05) is 0 Å². The molecule has 0 aliphatic heterocycles. The molecule has 3 heteroatoms. The third kappa shape index (κ3) is 4.12. The van der Waals surface area contributed by atoms with Crippen molar-refractivity contribution in [2.24, 2.45) is 5.92 Å². The van der Waals surface area contributed by atoms with Gasteiger partial charge in [0.15, 0.2) is 0 Å². The van der Waals surface area contributed by atoms with Gasteiger partial charge in [-0.25, -0.2) is 0 Å². The second kappa shape index (κ2) is 3.89. The Morgan fingerprint density at radius 3 is 2.38 bits per heavy atom. The van der Waals surface area contributed by atoms with Gasteiger partial charge in [-0.3, -0.25) is 9.14 Å². The molecule has 0 saturated carbocycles. The minimum absolute atomic E-state index is 0.0417. The fraction of sp³-hybridized carbons (Fsp3) is 0.800. The van der Waals surface area contributed by atoms with Crippen LogP contribution in [0.4, 0.5) is 0 Å². The molecular formula is C5H10BrNO. The molecule has 0 spiro atoms. The predicted molar refractivity (Wildman–Crippen MR) is 36.5 cm³/mol. The van der Waals surface area contributed by atoms with Gasteiger partial charge >= 0.3 is 0 Å². The molecular weight excluding hydrogens is 170 g/mol. The van der Waals surface area contributed by atoms with E-state index in [1.54, 1.807) is 0 Å². The quantitative estimate of drug-likeness (QED) is 0.640. The van der Waals surface area contributed by atoms with Gasteiger partial charge in [0.1, 0.15) is 0 Å². The summed E-state index contributed by atoms with van der Waals surface area (Å²) in [7, 11) is 0. The van der Waals surface area contributed by atoms with E-state index < -0.39 is 0 Å². The summed E-state index contributed by atoms with van der Waals surface area (Å²) in [5.74, 6) is 0.479. The Balaban J connectivity index is 3.25. The molecule has 0 rings (SSSR count). The van der Waals surface area contributed by atoms with Crippen molar-refractivity contribution < 1.29 is 4.79 Å². The minimum Gasteiger partial charge on any atom is -0.293 e. The Hall–Kier alpha value is -0.0500. The molecule has 0 aromatic heterocycles. The Labute approximate surface area is 58.0 Å². The molecule has 8 heavy (non-hydrogen) atoms. The van der Waals surface area contributed by atoms with Gasteiger partial charge in [0.25, 0.3) is 0 Å². The number of carbonyl (C=O) groups excluding carboxylic acids is 1. The Morgan fingerprint density at radius 2 is 2.25 bits per heavy atom. The van der Waals surface area contributed by atoms with Crippen LogP contribution >= 0.6 is 16.1 Å². The number of amides is 1. The zero-order valence-electron chi connectivity index (χ0n) is 5.07. The van der Waals surface area contributed by atoms with Crippen molar-refractivity contribution in [1.82, 2.24) is 4.34 Å². The molecule has 0 radical (unpaired) electrons. The summed E-state index contributed by atoms with van der Waals surface area (Å²) in [6.07, 6.45) is 0.589. The fourth-order valence-corrected chi connectivity index (χ4v) is 0.571. The van der Waals surface area contributed by atoms with Crippen molar-refractivity contribution in [1.29, 1.82) is 0 Å². The first-order valence-electron chi connectivity index (χ1n) is 2.56. The molecule has 0 bridgehead atoms. The molecule has 0 aliphatic carbocycles. The van der Waals surface area contributed by atoms with Crippen molar-refractivity contribution in [3.05, 3.63) is 0 Å². The van der Waals surface area contributed by atoms with Crippen LogP contribution in [-0.2, 0) is 4.79 Å². The highest BCUT2D eigenvalue weighted by Crippen LogP contribution is 1.97. The molecule has 0 fully saturated rings. The Bertz CT molecular complexity index is 82.5. The number of nitrogens with one attached hydrogen (secondary N) is 1. The van der Waals surface area contributed by atoms with Crippen molar-refractivity contribution in [2.45, 2.75) is 20.3 Å². The van der Waals surface area contributed by atoms with E-state index in [1.165, 1.54) is 0 Å². The van der Waals surface area contributed by atoms with Crippen LogP contribution in [0.15, 0.2) is 0 Å². The minimum atomic E-state index is 0.0417. The maximum atomic E-state index is 10.5. The highest BCUT2D eigenvalue weighted by molar-refractivity contribution is 9.08. The highest BCUT2D eigenvalue weighted by atomic mass is 79.9. The molecule has 1 N–H and O–H groups in total. The standard InChI is InChI=1S/C5H10BrNO/c1-4(2)3-5(8)7-6/h4H,3H2,1-2H3,(H,7,8). The monoisotopic (exact) mass is 179 g/mol. The van der Waals surface area contributed by atoms with E-state index in [4.69, 9.17) is 0 Å². The summed E-state index contributed by atoms with van der Waals surface area (Å²) in [6.45, 7) is 4.00. The second-order valence-corrected chi connectivity index (χ2v) is 2.51. The van der Waals surface area contributed by atoms with E-state index in [9.17, 15) is 4.79 Å². The lowest BCUT2D eigenvalue weighted by Gasteiger charge is -1.99. The van der Waals surface area contributed by atoms with Gasteiger partial charge in [0.05, 0.1) is 0 Å². The van der Waals surface area contributed by atoms with Crippen molar-refractivity contribution in [3.8, 4) is 0 Å². The third-order valence-corrected chi connectivity index (χ3v) is 1.14. The van der Waals surface area contributed by atoms with Crippen LogP contribution < -0.4 is 4.34 Å². The number of rotatable bonds is 2. The summed E-state index contributed by atoms with van der Waals surface area (Å²) in [4.78, 5) is 10.5. The molecule has 0 atom stereocenters. The molecule has 1 amide bonds. The van der Waals surface area contributed by atoms with E-state index in [0.29, 0.717) is 12.3 Å². The molecule has 0 aromatic carbocycles. The molecule has 2 nitrogen and oxygen atoms in total. The SMILES string of the molecule is CC(C)CC(=O)NBr. The smallest absolute Gasteiger partial charge is 0.230 e. The van der Waals surface area contributed by atoms with Crippen LogP contribution in [0.25, 0.3) is 0 Å². The number of halogens is 1. The average Bonchev–Trinajstić information content (AvgIpc) is 1.65. The molecule has 0 heterocycles. The summed E-state index contributed by atoms with van der Waals surface area (Å²) in [5.41, 5.74) is 0. The number of carbonyl (C=O) groups is 1. The van der Waals surface area contributed by atoms with E-state index in [2.05, 4.69) is 20.5 Å². The normalized spacial score (nSPS) is 9.50. The number of hydrogen-bond donors (Lipinski definition) is 1. The van der Waals surface area contributed by atoms with Crippen LogP contribution in [0.1, 0.15) is 20.3 Å². The Morgan fingerprint density at radius 1 is 1.75 bits per heavy atom. The largest absolute Gasteiger partial charge is 0.293 e. The van der Waals surface area contributed by atoms with Crippen molar-refractivity contribution in [3.63, 3.8) is 0 Å². The molecule has 0 aliphatic rings. The topological polar surface area (TPSA) is 29.1 Å². The highest BCUT2D eigenvalue weighted by Gasteiger charge is 2.00. The van der Waals surface area contributed by atoms with E-state index in [-0.39, 0.29) is 5.91 Å². The van der Waals surface area contributed by atoms with E-state index >= 15 is 0 Å². The maximum Gasteiger partial charge on any atom is 0.230 e. The van der Waals surface area contributed by atoms with Crippen LogP contribution in [0, 0.1) is 5.92 Å². The Kier molecular flexibility index (Phi) is 3.87. The average molecular weight is 180 g/mol. The van der Waals surface area contributed by atoms with Crippen LogP contribution in [0.3, 0.4) is 0 Å². The van der Waals surface area contributed by atoms with Gasteiger partial charge in [-0.15, -0.1) is 0 Å². The second-order valence-electron chi connectivity index (χ2n) is 2.12. The van der Waals surface area contributed by atoms with E-state index in [0.717, 1.165) is 0 Å². The molecule has 0 unspecified atom stereocenters. The van der Waals surface area contributed by atoms with Crippen molar-refractivity contribution >= 4 is 22.1 Å². The van der Waals surface area contributed by atoms with Gasteiger partial charge < -0.3 is 0 Å². The summed E-state index contributed by atoms with van der Waals surface area (Å²) in [6, 6.07) is 0. The lowest BCUT2D eigenvalue weighted by Crippen LogP contribution is -2.13.